The van der Waals surface area contributed by atoms with Crippen LogP contribution in [0.5, 0.6) is 17.2 Å². The number of nitrogens with two attached hydrogens (primary N) is 2. The first-order valence-electron chi connectivity index (χ1n) is 10.2. The third-order valence-electron chi connectivity index (χ3n) is 4.37. The molecule has 3 aromatic rings. The topological polar surface area (TPSA) is 168 Å². The van der Waals surface area contributed by atoms with Gasteiger partial charge in [0.25, 0.3) is 0 Å². The summed E-state index contributed by atoms with van der Waals surface area (Å²) in [5.74, 6) is 0.0996. The number of anilines is 2. The Morgan fingerprint density at radius 1 is 1.03 bits per heavy atom. The molecule has 2 aromatic carbocycles. The Hall–Kier alpha value is -4.35. The van der Waals surface area contributed by atoms with Crippen molar-refractivity contribution in [2.45, 2.75) is 6.92 Å². The Morgan fingerprint density at radius 2 is 1.77 bits per heavy atom. The van der Waals surface area contributed by atoms with Crippen molar-refractivity contribution in [2.24, 2.45) is 11.5 Å². The average molecular weight is 500 g/mol. The molecule has 1 aromatic heterocycles. The number of benzene rings is 2. The molecule has 0 saturated heterocycles. The second-order valence-corrected chi connectivity index (χ2v) is 7.43. The van der Waals surface area contributed by atoms with Crippen LogP contribution in [-0.2, 0) is 4.74 Å². The van der Waals surface area contributed by atoms with E-state index in [1.807, 2.05) is 6.92 Å². The fourth-order valence-corrected chi connectivity index (χ4v) is 2.96. The molecule has 0 aliphatic rings. The lowest BCUT2D eigenvalue weighted by molar-refractivity contribution is 0.0631. The normalized spacial score (nSPS) is 10.3. The van der Waals surface area contributed by atoms with E-state index in [-0.39, 0.29) is 18.1 Å². The van der Waals surface area contributed by atoms with E-state index in [1.165, 1.54) is 18.3 Å². The third-order valence-corrected chi connectivity index (χ3v) is 4.77. The number of ether oxygens (including phenoxy) is 3. The first-order valence-corrected chi connectivity index (χ1v) is 10.6. The van der Waals surface area contributed by atoms with Crippen molar-refractivity contribution >= 4 is 41.1 Å². The molecule has 0 radical (unpaired) electrons. The summed E-state index contributed by atoms with van der Waals surface area (Å²) < 4.78 is 15.5. The van der Waals surface area contributed by atoms with Crippen molar-refractivity contribution in [2.75, 3.05) is 23.8 Å². The number of nitrogens with one attached hydrogen (secondary N) is 2. The van der Waals surface area contributed by atoms with Gasteiger partial charge >= 0.3 is 18.1 Å². The summed E-state index contributed by atoms with van der Waals surface area (Å²) in [6, 6.07) is 12.1. The second kappa shape index (κ2) is 11.7. The Balaban J connectivity index is 1.63. The zero-order valence-electron chi connectivity index (χ0n) is 18.5. The minimum absolute atomic E-state index is 0.150. The van der Waals surface area contributed by atoms with E-state index in [2.05, 4.69) is 20.4 Å². The molecule has 3 amide bonds. The first-order chi connectivity index (χ1) is 16.7. The fourth-order valence-electron chi connectivity index (χ4n) is 2.81. The summed E-state index contributed by atoms with van der Waals surface area (Å²) in [5.41, 5.74) is 11.9. The van der Waals surface area contributed by atoms with Crippen LogP contribution in [0.4, 0.5) is 21.0 Å². The third kappa shape index (κ3) is 7.32. The summed E-state index contributed by atoms with van der Waals surface area (Å²) in [5, 5.41) is 5.94. The van der Waals surface area contributed by atoms with Gasteiger partial charge < -0.3 is 36.3 Å². The molecule has 0 spiro atoms. The van der Waals surface area contributed by atoms with Gasteiger partial charge in [-0.05, 0) is 48.9 Å². The molecular weight excluding hydrogens is 478 g/mol. The number of aryl methyl sites for hydroxylation is 1. The van der Waals surface area contributed by atoms with Gasteiger partial charge in [-0.3, -0.25) is 0 Å². The van der Waals surface area contributed by atoms with E-state index < -0.39 is 18.1 Å². The Kier molecular flexibility index (Phi) is 8.43. The maximum absolute atomic E-state index is 12.5. The van der Waals surface area contributed by atoms with Crippen LogP contribution < -0.4 is 31.6 Å². The number of halogens is 1. The van der Waals surface area contributed by atoms with Gasteiger partial charge in [0.1, 0.15) is 23.9 Å². The molecule has 182 valence electrons. The molecule has 3 rings (SSSR count). The number of primary amides is 1. The van der Waals surface area contributed by atoms with Crippen LogP contribution in [-0.4, -0.2) is 36.2 Å². The number of pyridine rings is 1. The molecule has 0 unspecified atom stereocenters. The van der Waals surface area contributed by atoms with Crippen molar-refractivity contribution < 1.29 is 28.6 Å². The molecule has 0 atom stereocenters. The average Bonchev–Trinajstić information content (AvgIpc) is 2.81. The van der Waals surface area contributed by atoms with Crippen molar-refractivity contribution in [3.63, 3.8) is 0 Å². The minimum atomic E-state index is -1.24. The Labute approximate surface area is 205 Å². The molecule has 0 aliphatic heterocycles. The van der Waals surface area contributed by atoms with Crippen LogP contribution in [0, 0.1) is 6.92 Å². The zero-order chi connectivity index (χ0) is 25.4. The van der Waals surface area contributed by atoms with Crippen molar-refractivity contribution in [1.29, 1.82) is 0 Å². The molecule has 1 heterocycles. The number of urea groups is 1. The quantitative estimate of drug-likeness (QED) is 0.266. The maximum atomic E-state index is 12.5. The lowest BCUT2D eigenvalue weighted by Gasteiger charge is -2.15. The summed E-state index contributed by atoms with van der Waals surface area (Å²) >= 11 is 6.15. The Bertz CT molecular complexity index is 1240. The summed E-state index contributed by atoms with van der Waals surface area (Å²) in [6.07, 6.45) is 0.0812. The molecule has 35 heavy (non-hydrogen) atoms. The van der Waals surface area contributed by atoms with Crippen LogP contribution in [0.2, 0.25) is 5.02 Å². The number of amides is 3. The number of carbonyl (C=O) groups is 3. The van der Waals surface area contributed by atoms with Crippen molar-refractivity contribution in [3.8, 4) is 17.2 Å². The molecule has 0 aliphatic carbocycles. The van der Waals surface area contributed by atoms with Gasteiger partial charge in [-0.1, -0.05) is 11.6 Å². The predicted molar refractivity (Wildman–Crippen MR) is 129 cm³/mol. The standard InChI is InChI=1S/C23H22ClN5O6/c1-13-10-18(20(12-17(13)24)33-9-7-25)29-23(32)28-14-2-4-15(5-3-14)34-16-6-8-27-19(11-16)21(30)35-22(26)31/h2-6,8,10-12H,7,9,25H2,1H3,(H2,26,31)(H2,28,29,32). The number of esters is 1. The van der Waals surface area contributed by atoms with Gasteiger partial charge in [0.2, 0.25) is 0 Å². The molecule has 0 saturated carbocycles. The molecule has 0 fully saturated rings. The minimum Gasteiger partial charge on any atom is -0.490 e. The van der Waals surface area contributed by atoms with E-state index in [9.17, 15) is 14.4 Å². The number of nitrogens with zero attached hydrogens (tertiary/aromatic N) is 1. The van der Waals surface area contributed by atoms with E-state index >= 15 is 0 Å². The highest BCUT2D eigenvalue weighted by molar-refractivity contribution is 6.31. The van der Waals surface area contributed by atoms with Gasteiger partial charge in [0.05, 0.1) is 5.69 Å². The lowest BCUT2D eigenvalue weighted by atomic mass is 10.2. The van der Waals surface area contributed by atoms with E-state index in [1.54, 1.807) is 36.4 Å². The van der Waals surface area contributed by atoms with Crippen molar-refractivity contribution in [3.05, 3.63) is 71.0 Å². The van der Waals surface area contributed by atoms with E-state index in [0.29, 0.717) is 34.4 Å². The van der Waals surface area contributed by atoms with Crippen LogP contribution in [0.3, 0.4) is 0 Å². The monoisotopic (exact) mass is 499 g/mol. The Morgan fingerprint density at radius 3 is 2.46 bits per heavy atom. The van der Waals surface area contributed by atoms with Gasteiger partial charge in [-0.2, -0.15) is 0 Å². The van der Waals surface area contributed by atoms with Gasteiger partial charge in [-0.15, -0.1) is 0 Å². The maximum Gasteiger partial charge on any atom is 0.412 e. The van der Waals surface area contributed by atoms with Gasteiger partial charge in [0, 0.05) is 35.6 Å². The highest BCUT2D eigenvalue weighted by Crippen LogP contribution is 2.31. The molecule has 6 N–H and O–H groups in total. The highest BCUT2D eigenvalue weighted by Gasteiger charge is 2.14. The van der Waals surface area contributed by atoms with E-state index in [4.69, 9.17) is 32.5 Å². The summed E-state index contributed by atoms with van der Waals surface area (Å²) in [4.78, 5) is 38.8. The molecule has 0 bridgehead atoms. The fraction of sp³-hybridized carbons (Fsp3) is 0.130. The number of hydrogen-bond acceptors (Lipinski definition) is 8. The van der Waals surface area contributed by atoms with Crippen LogP contribution >= 0.6 is 11.6 Å². The van der Waals surface area contributed by atoms with Gasteiger partial charge in [0.15, 0.2) is 5.69 Å². The van der Waals surface area contributed by atoms with E-state index in [0.717, 1.165) is 5.56 Å². The SMILES string of the molecule is Cc1cc(NC(=O)Nc2ccc(Oc3ccnc(C(=O)OC(N)=O)c3)cc2)c(OCCN)cc1Cl. The highest BCUT2D eigenvalue weighted by atomic mass is 35.5. The van der Waals surface area contributed by atoms with Crippen LogP contribution in [0.15, 0.2) is 54.7 Å². The predicted octanol–water partition coefficient (Wildman–Crippen LogP) is 4.05. The smallest absolute Gasteiger partial charge is 0.412 e. The number of rotatable bonds is 8. The number of hydrogen-bond donors (Lipinski definition) is 4. The van der Waals surface area contributed by atoms with Gasteiger partial charge in [-0.25, -0.2) is 19.4 Å². The van der Waals surface area contributed by atoms with Crippen molar-refractivity contribution in [1.82, 2.24) is 4.98 Å². The van der Waals surface area contributed by atoms with Crippen LogP contribution in [0.1, 0.15) is 16.1 Å². The zero-order valence-corrected chi connectivity index (χ0v) is 19.3. The molecular formula is C23H22ClN5O6. The number of aromatic nitrogens is 1. The second-order valence-electron chi connectivity index (χ2n) is 7.03. The van der Waals surface area contributed by atoms with Crippen LogP contribution in [0.25, 0.3) is 0 Å². The first kappa shape index (κ1) is 25.3. The largest absolute Gasteiger partial charge is 0.490 e. The molecule has 12 heteroatoms. The summed E-state index contributed by atoms with van der Waals surface area (Å²) in [7, 11) is 0. The number of carbonyl (C=O) groups excluding carboxylic acids is 3. The summed E-state index contributed by atoms with van der Waals surface area (Å²) in [6.45, 7) is 2.38. The lowest BCUT2D eigenvalue weighted by Crippen LogP contribution is -2.20. The molecule has 11 nitrogen and oxygen atoms in total.